The molecule has 3 unspecified atom stereocenters. The van der Waals surface area contributed by atoms with E-state index in [1.165, 1.54) is 24.2 Å². The van der Waals surface area contributed by atoms with Crippen LogP contribution >= 0.6 is 23.1 Å². The molecule has 2 heterocycles. The predicted octanol–water partition coefficient (Wildman–Crippen LogP) is 4.09. The Bertz CT molecular complexity index is 713. The van der Waals surface area contributed by atoms with Crippen LogP contribution in [0.15, 0.2) is 16.8 Å². The number of carbonyl (C=O) groups is 3. The van der Waals surface area contributed by atoms with Crippen molar-refractivity contribution in [2.45, 2.75) is 76.1 Å². The van der Waals surface area contributed by atoms with E-state index in [0.29, 0.717) is 18.7 Å². The maximum Gasteiger partial charge on any atom is 0.323 e. The number of thioether (sulfide) groups is 1. The topological polar surface area (TPSA) is 95.9 Å². The third-order valence-corrected chi connectivity index (χ3v) is 7.57. The maximum atomic E-state index is 13.2. The quantitative estimate of drug-likeness (QED) is 0.303. The summed E-state index contributed by atoms with van der Waals surface area (Å²) in [5, 5.41) is 16.6. The third kappa shape index (κ3) is 8.75. The fourth-order valence-corrected chi connectivity index (χ4v) is 5.90. The second-order valence-electron chi connectivity index (χ2n) is 8.07. The minimum absolute atomic E-state index is 0.0101. The summed E-state index contributed by atoms with van der Waals surface area (Å²) in [7, 11) is 0. The van der Waals surface area contributed by atoms with E-state index >= 15 is 0 Å². The highest BCUT2D eigenvalue weighted by Gasteiger charge is 2.35. The van der Waals surface area contributed by atoms with Gasteiger partial charge in [-0.2, -0.15) is 11.3 Å². The van der Waals surface area contributed by atoms with Gasteiger partial charge in [-0.3, -0.25) is 19.7 Å². The van der Waals surface area contributed by atoms with Crippen LogP contribution in [0.3, 0.4) is 0 Å². The van der Waals surface area contributed by atoms with Crippen molar-refractivity contribution in [2.24, 2.45) is 0 Å². The van der Waals surface area contributed by atoms with Gasteiger partial charge in [0.05, 0.1) is 12.6 Å². The molecule has 1 saturated heterocycles. The first-order valence-corrected chi connectivity index (χ1v) is 13.5. The number of aliphatic carboxylic acids is 1. The molecule has 3 atom stereocenters. The molecule has 1 aromatic heterocycles. The van der Waals surface area contributed by atoms with E-state index in [1.54, 1.807) is 30.0 Å². The first kappa shape index (κ1) is 26.7. The van der Waals surface area contributed by atoms with Crippen molar-refractivity contribution in [1.82, 2.24) is 10.2 Å². The minimum Gasteiger partial charge on any atom is -0.480 e. The molecule has 2 N–H and O–H groups in total. The molecule has 7 nitrogen and oxygen atoms in total. The van der Waals surface area contributed by atoms with Crippen LogP contribution in [0.5, 0.6) is 0 Å². The minimum atomic E-state index is -1.04. The largest absolute Gasteiger partial charge is 0.480 e. The summed E-state index contributed by atoms with van der Waals surface area (Å²) >= 11 is 3.21. The van der Waals surface area contributed by atoms with Gasteiger partial charge in [0, 0.05) is 17.5 Å². The number of carboxylic acids is 1. The summed E-state index contributed by atoms with van der Waals surface area (Å²) in [6.45, 7) is 4.23. The predicted molar refractivity (Wildman–Crippen MR) is 129 cm³/mol. The third-order valence-electron chi connectivity index (χ3n) is 5.52. The lowest BCUT2D eigenvalue weighted by atomic mass is 10.0. The lowest BCUT2D eigenvalue weighted by Gasteiger charge is -2.26. The lowest BCUT2D eigenvalue weighted by Crippen LogP contribution is -2.53. The Morgan fingerprint density at radius 2 is 2.00 bits per heavy atom. The smallest absolute Gasteiger partial charge is 0.323 e. The molecule has 1 amide bonds. The van der Waals surface area contributed by atoms with E-state index in [0.717, 1.165) is 24.8 Å². The summed E-state index contributed by atoms with van der Waals surface area (Å²) < 4.78 is 5.25. The first-order chi connectivity index (χ1) is 15.5. The maximum absolute atomic E-state index is 13.2. The van der Waals surface area contributed by atoms with Crippen LogP contribution in [-0.2, 0) is 19.1 Å². The van der Waals surface area contributed by atoms with Crippen LogP contribution in [0.25, 0.3) is 0 Å². The van der Waals surface area contributed by atoms with Gasteiger partial charge in [0.1, 0.15) is 12.6 Å². The number of unbranched alkanes of at least 4 members (excludes halogenated alkanes) is 5. The number of carboxylic acid groups (broad SMARTS) is 1. The van der Waals surface area contributed by atoms with Crippen LogP contribution in [0.4, 0.5) is 0 Å². The van der Waals surface area contributed by atoms with E-state index in [4.69, 9.17) is 4.74 Å². The first-order valence-electron chi connectivity index (χ1n) is 11.5. The van der Waals surface area contributed by atoms with Crippen molar-refractivity contribution >= 4 is 40.9 Å². The molecule has 9 heteroatoms. The van der Waals surface area contributed by atoms with E-state index < -0.39 is 18.1 Å². The molecular weight excluding hydrogens is 448 g/mol. The van der Waals surface area contributed by atoms with Gasteiger partial charge >= 0.3 is 11.9 Å². The van der Waals surface area contributed by atoms with Gasteiger partial charge in [0.2, 0.25) is 5.91 Å². The van der Waals surface area contributed by atoms with Crippen LogP contribution in [-0.4, -0.2) is 65.4 Å². The standard InChI is InChI=1S/C23H36N2O5S2/c1-3-5-6-7-8-9-10-18(23(29)30-4-2)24-19-16-32-20(17-11-12-31-15-17)13-25(22(19)28)14-21(26)27/h11-12,15,18-20,24H,3-10,13-14,16H2,1-2H3,(H,26,27). The molecule has 2 rings (SSSR count). The van der Waals surface area contributed by atoms with Crippen LogP contribution < -0.4 is 5.32 Å². The average molecular weight is 485 g/mol. The summed E-state index contributed by atoms with van der Waals surface area (Å²) in [4.78, 5) is 38.6. The van der Waals surface area contributed by atoms with Crippen LogP contribution in [0, 0.1) is 0 Å². The second kappa shape index (κ2) is 14.5. The molecular formula is C23H36N2O5S2. The molecule has 0 saturated carbocycles. The fraction of sp³-hybridized carbons (Fsp3) is 0.696. The van der Waals surface area contributed by atoms with Crippen LogP contribution in [0.1, 0.15) is 69.6 Å². The molecule has 0 bridgehead atoms. The van der Waals surface area contributed by atoms with Gasteiger partial charge < -0.3 is 14.7 Å². The zero-order valence-electron chi connectivity index (χ0n) is 19.1. The van der Waals surface area contributed by atoms with Crippen molar-refractivity contribution < 1.29 is 24.2 Å². The van der Waals surface area contributed by atoms with E-state index in [2.05, 4.69) is 12.2 Å². The number of carbonyl (C=O) groups excluding carboxylic acids is 2. The Kier molecular flexibility index (Phi) is 12.1. The molecule has 0 spiro atoms. The van der Waals surface area contributed by atoms with E-state index in [1.807, 2.05) is 16.8 Å². The summed E-state index contributed by atoms with van der Waals surface area (Å²) in [5.41, 5.74) is 1.10. The second-order valence-corrected chi connectivity index (χ2v) is 10.1. The SMILES string of the molecule is CCCCCCCCC(NC1CSC(c2ccsc2)CN(CC(=O)O)C1=O)C(=O)OCC. The molecule has 1 fully saturated rings. The number of nitrogens with zero attached hydrogens (tertiary/aromatic N) is 1. The Hall–Kier alpha value is -1.58. The lowest BCUT2D eigenvalue weighted by molar-refractivity contribution is -0.148. The number of nitrogens with one attached hydrogen (secondary N) is 1. The summed E-state index contributed by atoms with van der Waals surface area (Å²) in [6.07, 6.45) is 7.26. The monoisotopic (exact) mass is 484 g/mol. The van der Waals surface area contributed by atoms with Gasteiger partial charge in [0.25, 0.3) is 0 Å². The average Bonchev–Trinajstić information content (AvgIpc) is 3.25. The van der Waals surface area contributed by atoms with Gasteiger partial charge in [0.15, 0.2) is 0 Å². The van der Waals surface area contributed by atoms with Crippen molar-refractivity contribution in [2.75, 3.05) is 25.4 Å². The Labute approximate surface area is 199 Å². The highest BCUT2D eigenvalue weighted by atomic mass is 32.2. The molecule has 1 aliphatic rings. The molecule has 0 radical (unpaired) electrons. The van der Waals surface area contributed by atoms with Crippen molar-refractivity contribution in [3.8, 4) is 0 Å². The number of amides is 1. The van der Waals surface area contributed by atoms with E-state index in [-0.39, 0.29) is 30.3 Å². The Morgan fingerprint density at radius 3 is 2.66 bits per heavy atom. The number of rotatable bonds is 14. The zero-order chi connectivity index (χ0) is 23.3. The fourth-order valence-electron chi connectivity index (χ4n) is 3.82. The van der Waals surface area contributed by atoms with Gasteiger partial charge in [-0.1, -0.05) is 45.4 Å². The molecule has 1 aromatic rings. The van der Waals surface area contributed by atoms with Gasteiger partial charge in [-0.25, -0.2) is 0 Å². The van der Waals surface area contributed by atoms with Crippen molar-refractivity contribution in [1.29, 1.82) is 0 Å². The zero-order valence-corrected chi connectivity index (χ0v) is 20.7. The van der Waals surface area contributed by atoms with Crippen molar-refractivity contribution in [3.05, 3.63) is 22.4 Å². The number of hydrogen-bond donors (Lipinski definition) is 2. The van der Waals surface area contributed by atoms with E-state index in [9.17, 15) is 19.5 Å². The summed E-state index contributed by atoms with van der Waals surface area (Å²) in [5.74, 6) is -1.18. The molecule has 1 aliphatic heterocycles. The Morgan fingerprint density at radius 1 is 1.25 bits per heavy atom. The molecule has 0 aliphatic carbocycles. The number of thiophene rings is 1. The summed E-state index contributed by atoms with van der Waals surface area (Å²) in [6, 6.07) is 0.817. The molecule has 180 valence electrons. The molecule has 0 aromatic carbocycles. The highest BCUT2D eigenvalue weighted by molar-refractivity contribution is 7.99. The van der Waals surface area contributed by atoms with Gasteiger partial charge in [-0.15, -0.1) is 11.8 Å². The number of ether oxygens (including phenoxy) is 1. The Balaban J connectivity index is 2.06. The number of esters is 1. The molecule has 32 heavy (non-hydrogen) atoms. The number of hydrogen-bond acceptors (Lipinski definition) is 7. The van der Waals surface area contributed by atoms with Crippen LogP contribution in [0.2, 0.25) is 0 Å². The normalized spacial score (nSPS) is 20.1. The van der Waals surface area contributed by atoms with Crippen molar-refractivity contribution in [3.63, 3.8) is 0 Å². The van der Waals surface area contributed by atoms with Gasteiger partial charge in [-0.05, 0) is 35.7 Å². The highest BCUT2D eigenvalue weighted by Crippen LogP contribution is 2.34.